The van der Waals surface area contributed by atoms with E-state index >= 15 is 0 Å². The van der Waals surface area contributed by atoms with Gasteiger partial charge in [0.15, 0.2) is 0 Å². The molecule has 6 rings (SSSR count). The summed E-state index contributed by atoms with van der Waals surface area (Å²) in [5.74, 6) is -0.266. The Morgan fingerprint density at radius 3 is 2.04 bits per heavy atom. The molecular weight excluding hydrogens is 355 g/mol. The van der Waals surface area contributed by atoms with Gasteiger partial charge in [-0.05, 0) is 60.1 Å². The lowest BCUT2D eigenvalue weighted by atomic mass is 9.95. The first-order valence-corrected chi connectivity index (χ1v) is 9.06. The number of halogens is 3. The zero-order chi connectivity index (χ0) is 18.2. The van der Waals surface area contributed by atoms with Crippen LogP contribution >= 0.6 is 0 Å². The number of anilines is 1. The van der Waals surface area contributed by atoms with Crippen LogP contribution in [0.5, 0.6) is 5.75 Å². The Hall–Kier alpha value is -2.22. The third-order valence-electron chi connectivity index (χ3n) is 4.19. The molecule has 0 amide bonds. The second kappa shape index (κ2) is 6.25. The molecule has 0 radical (unpaired) electrons. The predicted molar refractivity (Wildman–Crippen MR) is 87.7 cm³/mol. The quantitative estimate of drug-likeness (QED) is 0.499. The summed E-state index contributed by atoms with van der Waals surface area (Å²) in [4.78, 5) is 0. The van der Waals surface area contributed by atoms with E-state index in [1.54, 1.807) is 12.1 Å². The lowest BCUT2D eigenvalue weighted by Crippen LogP contribution is -2.28. The van der Waals surface area contributed by atoms with Crippen LogP contribution in [0, 0.1) is 0 Å². The van der Waals surface area contributed by atoms with Gasteiger partial charge in [-0.25, -0.2) is 0 Å². The van der Waals surface area contributed by atoms with E-state index in [9.17, 15) is 21.6 Å². The fourth-order valence-corrected chi connectivity index (χ4v) is 3.28. The Morgan fingerprint density at radius 2 is 1.44 bits per heavy atom. The highest BCUT2D eigenvalue weighted by Crippen LogP contribution is 2.31. The van der Waals surface area contributed by atoms with Gasteiger partial charge in [-0.2, -0.15) is 21.6 Å². The number of nitrogens with two attached hydrogens (primary N) is 1. The highest BCUT2D eigenvalue weighted by Gasteiger charge is 2.48. The molecule has 0 heterocycles. The van der Waals surface area contributed by atoms with Crippen molar-refractivity contribution in [2.45, 2.75) is 31.2 Å². The number of hydrogen-bond acceptors (Lipinski definition) is 4. The van der Waals surface area contributed by atoms with Gasteiger partial charge >= 0.3 is 15.6 Å². The lowest BCUT2D eigenvalue weighted by molar-refractivity contribution is -0.0500. The maximum atomic E-state index is 12.6. The van der Waals surface area contributed by atoms with E-state index in [1.807, 2.05) is 18.2 Å². The Labute approximate surface area is 143 Å². The number of alkyl halides is 3. The Morgan fingerprint density at radius 1 is 0.880 bits per heavy atom. The molecule has 4 bridgehead atoms. The second-order valence-corrected chi connectivity index (χ2v) is 7.50. The zero-order valence-electron chi connectivity index (χ0n) is 13.1. The molecule has 0 fully saturated rings. The number of aryl methyl sites for hydroxylation is 4. The summed E-state index contributed by atoms with van der Waals surface area (Å²) >= 11 is 0. The number of hydrogen-bond donors (Lipinski definition) is 1. The van der Waals surface area contributed by atoms with Crippen molar-refractivity contribution in [2.75, 3.05) is 5.73 Å². The Kier molecular flexibility index (Phi) is 4.40. The summed E-state index contributed by atoms with van der Waals surface area (Å²) in [6.45, 7) is 0. The van der Waals surface area contributed by atoms with E-state index < -0.39 is 15.6 Å². The van der Waals surface area contributed by atoms with Gasteiger partial charge in [0.2, 0.25) is 0 Å². The molecule has 4 nitrogen and oxygen atoms in total. The topological polar surface area (TPSA) is 69.4 Å². The molecule has 4 aliphatic carbocycles. The number of benzene rings is 2. The Bertz CT molecular complexity index is 908. The predicted octanol–water partition coefficient (Wildman–Crippen LogP) is 3.38. The maximum Gasteiger partial charge on any atom is 0.534 e. The summed E-state index contributed by atoms with van der Waals surface area (Å²) in [6.07, 6.45) is 1.94. The van der Waals surface area contributed by atoms with Crippen LogP contribution < -0.4 is 9.92 Å². The number of rotatable bonds is 2. The lowest BCUT2D eigenvalue weighted by Gasteiger charge is -2.16. The highest BCUT2D eigenvalue weighted by atomic mass is 32.2. The normalized spacial score (nSPS) is 14.8. The van der Waals surface area contributed by atoms with Gasteiger partial charge < -0.3 is 9.92 Å². The smallest absolute Gasteiger partial charge is 0.398 e. The summed E-state index contributed by atoms with van der Waals surface area (Å²) in [7, 11) is -5.70. The van der Waals surface area contributed by atoms with Crippen LogP contribution in [0.3, 0.4) is 0 Å². The van der Waals surface area contributed by atoms with Crippen LogP contribution in [0.25, 0.3) is 0 Å². The van der Waals surface area contributed by atoms with Crippen LogP contribution in [0.4, 0.5) is 18.9 Å². The molecule has 2 aromatic carbocycles. The summed E-state index contributed by atoms with van der Waals surface area (Å²) < 4.78 is 65.0. The van der Waals surface area contributed by atoms with E-state index in [0.29, 0.717) is 42.5 Å². The molecule has 0 aromatic heterocycles. The molecule has 0 saturated heterocycles. The van der Waals surface area contributed by atoms with Crippen LogP contribution in [0.2, 0.25) is 0 Å². The fraction of sp³-hybridized carbons (Fsp3) is 0.294. The fourth-order valence-electron chi connectivity index (χ4n) is 2.79. The minimum Gasteiger partial charge on any atom is -0.398 e. The van der Waals surface area contributed by atoms with E-state index in [4.69, 9.17) is 5.73 Å². The summed E-state index contributed by atoms with van der Waals surface area (Å²) in [5, 5.41) is 0. The monoisotopic (exact) mass is 371 g/mol. The molecule has 2 aromatic rings. The van der Waals surface area contributed by atoms with Crippen LogP contribution in [0.1, 0.15) is 22.3 Å². The van der Waals surface area contributed by atoms with Gasteiger partial charge in [-0.3, -0.25) is 0 Å². The summed E-state index contributed by atoms with van der Waals surface area (Å²) in [5.41, 5.74) is 4.20. The zero-order valence-corrected chi connectivity index (χ0v) is 14.0. The van der Waals surface area contributed by atoms with Gasteiger partial charge in [0.05, 0.1) is 0 Å². The molecule has 4 aliphatic rings. The van der Waals surface area contributed by atoms with Gasteiger partial charge in [-0.15, -0.1) is 0 Å². The molecule has 0 atom stereocenters. The third-order valence-corrected chi connectivity index (χ3v) is 5.16. The van der Waals surface area contributed by atoms with Crippen molar-refractivity contribution >= 4 is 15.8 Å². The van der Waals surface area contributed by atoms with Crippen molar-refractivity contribution in [1.29, 1.82) is 0 Å². The first kappa shape index (κ1) is 17.6. The van der Waals surface area contributed by atoms with E-state index in [0.717, 1.165) is 11.1 Å². The van der Waals surface area contributed by atoms with Gasteiger partial charge in [0.1, 0.15) is 5.75 Å². The SMILES string of the molecule is Nc1cc2ccc1CCc1ccc(c(OS(=O)(=O)C(F)(F)F)c1)CC2. The van der Waals surface area contributed by atoms with Crippen molar-refractivity contribution < 1.29 is 25.8 Å². The Balaban J connectivity index is 1.99. The molecule has 8 heteroatoms. The molecule has 0 spiro atoms. The van der Waals surface area contributed by atoms with Crippen LogP contribution in [-0.4, -0.2) is 13.9 Å². The van der Waals surface area contributed by atoms with E-state index in [-0.39, 0.29) is 5.75 Å². The summed E-state index contributed by atoms with van der Waals surface area (Å²) in [6, 6.07) is 10.5. The van der Waals surface area contributed by atoms with Crippen LogP contribution in [-0.2, 0) is 35.8 Å². The molecule has 2 N–H and O–H groups in total. The molecule has 0 saturated carbocycles. The van der Waals surface area contributed by atoms with Gasteiger partial charge in [-0.1, -0.05) is 24.3 Å². The van der Waals surface area contributed by atoms with Crippen molar-refractivity contribution in [1.82, 2.24) is 0 Å². The highest BCUT2D eigenvalue weighted by molar-refractivity contribution is 7.88. The molecular formula is C17H16F3NO3S. The van der Waals surface area contributed by atoms with Crippen molar-refractivity contribution in [3.8, 4) is 5.75 Å². The molecule has 134 valence electrons. The van der Waals surface area contributed by atoms with Crippen LogP contribution in [0.15, 0.2) is 36.4 Å². The van der Waals surface area contributed by atoms with E-state index in [2.05, 4.69) is 4.18 Å². The average molecular weight is 371 g/mol. The van der Waals surface area contributed by atoms with Crippen molar-refractivity contribution in [3.05, 3.63) is 58.7 Å². The standard InChI is InChI=1S/C17H16F3NO3S/c18-17(19,20)25(22,23)24-16-10-12-2-6-13-5-1-11(9-15(13)21)3-7-14(16)8-4-12/h1,4-5,8-10H,2-3,6-7,21H2. The second-order valence-electron chi connectivity index (χ2n) is 5.96. The third kappa shape index (κ3) is 3.73. The number of nitrogen functional groups attached to an aromatic ring is 1. The minimum absolute atomic E-state index is 0.266. The molecule has 25 heavy (non-hydrogen) atoms. The molecule has 0 aliphatic heterocycles. The maximum absolute atomic E-state index is 12.6. The minimum atomic E-state index is -5.70. The first-order valence-electron chi connectivity index (χ1n) is 7.65. The largest absolute Gasteiger partial charge is 0.534 e. The van der Waals surface area contributed by atoms with Gasteiger partial charge in [0.25, 0.3) is 0 Å². The molecule has 0 unspecified atom stereocenters. The van der Waals surface area contributed by atoms with Crippen molar-refractivity contribution in [3.63, 3.8) is 0 Å². The first-order chi connectivity index (χ1) is 11.7. The van der Waals surface area contributed by atoms with Gasteiger partial charge in [0, 0.05) is 5.69 Å². The van der Waals surface area contributed by atoms with E-state index in [1.165, 1.54) is 6.07 Å². The van der Waals surface area contributed by atoms with Crippen molar-refractivity contribution in [2.24, 2.45) is 0 Å². The average Bonchev–Trinajstić information content (AvgIpc) is 2.49.